The molecule has 2 aliphatic rings. The van der Waals surface area contributed by atoms with Gasteiger partial charge < -0.3 is 30.7 Å². The number of rotatable bonds is 8. The van der Waals surface area contributed by atoms with Gasteiger partial charge in [0.1, 0.15) is 6.10 Å². The van der Waals surface area contributed by atoms with Gasteiger partial charge >= 0.3 is 12.2 Å². The Morgan fingerprint density at radius 2 is 1.82 bits per heavy atom. The van der Waals surface area contributed by atoms with Gasteiger partial charge in [0.15, 0.2) is 0 Å². The van der Waals surface area contributed by atoms with Crippen molar-refractivity contribution in [3.8, 4) is 0 Å². The summed E-state index contributed by atoms with van der Waals surface area (Å²) in [6, 6.07) is 2.71. The lowest BCUT2D eigenvalue weighted by Gasteiger charge is -2.31. The third-order valence-corrected chi connectivity index (χ3v) is 5.57. The van der Waals surface area contributed by atoms with Crippen LogP contribution < -0.4 is 16.0 Å². The van der Waals surface area contributed by atoms with Crippen LogP contribution in [0.5, 0.6) is 0 Å². The highest BCUT2D eigenvalue weighted by atomic mass is 19.4. The number of alkyl halides is 3. The van der Waals surface area contributed by atoms with Crippen molar-refractivity contribution in [2.24, 2.45) is 0 Å². The molecule has 3 amide bonds. The maximum atomic E-state index is 12.6. The second-order valence-electron chi connectivity index (χ2n) is 8.08. The number of nitrogens with one attached hydrogen (secondary N) is 3. The molecule has 0 radical (unpaired) electrons. The van der Waals surface area contributed by atoms with Gasteiger partial charge in [0.05, 0.1) is 30.7 Å². The van der Waals surface area contributed by atoms with Gasteiger partial charge in [-0.25, -0.2) is 4.79 Å². The number of amides is 3. The molecule has 11 heteroatoms. The standard InChI is InChI=1S/C22H29F3N4O4/c23-22(24,25)15-3-5-16(6-4-15)27-21(32)28-18-8-7-17(33-19(18)14-30)13-20(31)26-9-12-29-10-1-2-11-29/h3-8,17-19,30H,1-2,9-14H2,(H,26,31)(H2,27,28,32)/t17-,18-,19+/m1/s1. The largest absolute Gasteiger partial charge is 0.416 e. The lowest BCUT2D eigenvalue weighted by atomic mass is 10.0. The van der Waals surface area contributed by atoms with E-state index in [4.69, 9.17) is 4.74 Å². The average molecular weight is 470 g/mol. The Hall–Kier alpha value is -2.63. The van der Waals surface area contributed by atoms with Crippen molar-refractivity contribution in [3.63, 3.8) is 0 Å². The summed E-state index contributed by atoms with van der Waals surface area (Å²) < 4.78 is 43.6. The van der Waals surface area contributed by atoms with Crippen LogP contribution in [0.25, 0.3) is 0 Å². The number of benzene rings is 1. The number of nitrogens with zero attached hydrogens (tertiary/aromatic N) is 1. The van der Waals surface area contributed by atoms with E-state index in [0.29, 0.717) is 6.54 Å². The van der Waals surface area contributed by atoms with Crippen LogP contribution in [-0.4, -0.2) is 73.0 Å². The number of likely N-dealkylation sites (tertiary alicyclic amines) is 1. The van der Waals surface area contributed by atoms with Crippen LogP contribution in [0.1, 0.15) is 24.8 Å². The zero-order valence-electron chi connectivity index (χ0n) is 18.1. The van der Waals surface area contributed by atoms with Gasteiger partial charge in [-0.1, -0.05) is 12.2 Å². The Morgan fingerprint density at radius 3 is 2.45 bits per heavy atom. The number of urea groups is 1. The third kappa shape index (κ3) is 7.72. The summed E-state index contributed by atoms with van der Waals surface area (Å²) in [5, 5.41) is 17.6. The minimum Gasteiger partial charge on any atom is -0.394 e. The smallest absolute Gasteiger partial charge is 0.394 e. The third-order valence-electron chi connectivity index (χ3n) is 5.57. The van der Waals surface area contributed by atoms with E-state index in [1.54, 1.807) is 12.2 Å². The van der Waals surface area contributed by atoms with Gasteiger partial charge in [-0.15, -0.1) is 0 Å². The molecule has 8 nitrogen and oxygen atoms in total. The fourth-order valence-electron chi connectivity index (χ4n) is 3.81. The Balaban J connectivity index is 1.44. The highest BCUT2D eigenvalue weighted by Gasteiger charge is 2.31. The van der Waals surface area contributed by atoms with Crippen LogP contribution in [0.15, 0.2) is 36.4 Å². The molecule has 3 rings (SSSR count). The molecular weight excluding hydrogens is 441 g/mol. The zero-order valence-corrected chi connectivity index (χ0v) is 18.1. The van der Waals surface area contributed by atoms with E-state index in [9.17, 15) is 27.9 Å². The van der Waals surface area contributed by atoms with Gasteiger partial charge in [0.2, 0.25) is 5.91 Å². The van der Waals surface area contributed by atoms with Gasteiger partial charge in [-0.2, -0.15) is 13.2 Å². The summed E-state index contributed by atoms with van der Waals surface area (Å²) in [5.74, 6) is -0.160. The van der Waals surface area contributed by atoms with Crippen LogP contribution in [-0.2, 0) is 15.7 Å². The molecule has 0 aliphatic carbocycles. The summed E-state index contributed by atoms with van der Waals surface area (Å²) in [6.45, 7) is 3.11. The summed E-state index contributed by atoms with van der Waals surface area (Å²) in [4.78, 5) is 26.7. The Morgan fingerprint density at radius 1 is 1.12 bits per heavy atom. The molecule has 0 unspecified atom stereocenters. The summed E-state index contributed by atoms with van der Waals surface area (Å²) >= 11 is 0. The van der Waals surface area contributed by atoms with Gasteiger partial charge in [-0.3, -0.25) is 4.79 Å². The number of anilines is 1. The molecule has 4 N–H and O–H groups in total. The first-order valence-corrected chi connectivity index (χ1v) is 10.9. The predicted molar refractivity (Wildman–Crippen MR) is 116 cm³/mol. The van der Waals surface area contributed by atoms with E-state index in [2.05, 4.69) is 20.9 Å². The maximum absolute atomic E-state index is 12.6. The highest BCUT2D eigenvalue weighted by Crippen LogP contribution is 2.29. The lowest BCUT2D eigenvalue weighted by molar-refractivity contribution is -0.137. The van der Waals surface area contributed by atoms with Crippen molar-refractivity contribution < 1.29 is 32.6 Å². The van der Waals surface area contributed by atoms with Crippen LogP contribution in [0.4, 0.5) is 23.7 Å². The fourth-order valence-corrected chi connectivity index (χ4v) is 3.81. The number of carbonyl (C=O) groups excluding carboxylic acids is 2. The average Bonchev–Trinajstić information content (AvgIpc) is 3.28. The van der Waals surface area contributed by atoms with Crippen molar-refractivity contribution in [1.29, 1.82) is 0 Å². The highest BCUT2D eigenvalue weighted by molar-refractivity contribution is 5.89. The molecule has 1 aromatic rings. The van der Waals surface area contributed by atoms with Gasteiger partial charge in [0.25, 0.3) is 0 Å². The van der Waals surface area contributed by atoms with E-state index in [1.807, 2.05) is 0 Å². The zero-order chi connectivity index (χ0) is 23.8. The second kappa shape index (κ2) is 11.5. The number of halogens is 3. The predicted octanol–water partition coefficient (Wildman–Crippen LogP) is 2.11. The molecule has 0 aromatic heterocycles. The minimum atomic E-state index is -4.46. The van der Waals surface area contributed by atoms with Crippen LogP contribution in [0.3, 0.4) is 0 Å². The summed E-state index contributed by atoms with van der Waals surface area (Å²) in [7, 11) is 0. The van der Waals surface area contributed by atoms with Crippen molar-refractivity contribution in [1.82, 2.24) is 15.5 Å². The second-order valence-corrected chi connectivity index (χ2v) is 8.08. The van der Waals surface area contributed by atoms with Crippen LogP contribution in [0.2, 0.25) is 0 Å². The molecule has 0 saturated carbocycles. The Labute approximate surface area is 190 Å². The van der Waals surface area contributed by atoms with E-state index >= 15 is 0 Å². The Kier molecular flexibility index (Phi) is 8.70. The minimum absolute atomic E-state index is 0.0947. The molecule has 3 atom stereocenters. The summed E-state index contributed by atoms with van der Waals surface area (Å²) in [6.07, 6.45) is -0.00343. The fraction of sp³-hybridized carbons (Fsp3) is 0.545. The molecule has 2 aliphatic heterocycles. The number of aliphatic hydroxyl groups excluding tert-OH is 1. The van der Waals surface area contributed by atoms with E-state index in [0.717, 1.165) is 43.9 Å². The first kappa shape index (κ1) is 25.0. The van der Waals surface area contributed by atoms with Gasteiger partial charge in [0, 0.05) is 18.8 Å². The molecular formula is C22H29F3N4O4. The maximum Gasteiger partial charge on any atom is 0.416 e. The van der Waals surface area contributed by atoms with Crippen molar-refractivity contribution in [2.45, 2.75) is 43.7 Å². The van der Waals surface area contributed by atoms with E-state index < -0.39 is 36.0 Å². The first-order valence-electron chi connectivity index (χ1n) is 10.9. The molecule has 2 heterocycles. The molecule has 1 saturated heterocycles. The SMILES string of the molecule is O=C(C[C@H]1C=C[C@@H](NC(=O)Nc2ccc(C(F)(F)F)cc2)[C@H](CO)O1)NCCN1CCCC1. The number of hydrogen-bond acceptors (Lipinski definition) is 5. The molecule has 0 bridgehead atoms. The van der Waals surface area contributed by atoms with Crippen molar-refractivity contribution in [2.75, 3.05) is 38.1 Å². The molecule has 33 heavy (non-hydrogen) atoms. The number of hydrogen-bond donors (Lipinski definition) is 4. The van der Waals surface area contributed by atoms with Crippen LogP contribution >= 0.6 is 0 Å². The van der Waals surface area contributed by atoms with Crippen molar-refractivity contribution in [3.05, 3.63) is 42.0 Å². The quantitative estimate of drug-likeness (QED) is 0.436. The monoisotopic (exact) mass is 470 g/mol. The first-order chi connectivity index (χ1) is 15.7. The van der Waals surface area contributed by atoms with E-state index in [-0.39, 0.29) is 24.6 Å². The van der Waals surface area contributed by atoms with Gasteiger partial charge in [-0.05, 0) is 50.2 Å². The Bertz CT molecular complexity index is 826. The number of aliphatic hydroxyl groups is 1. The van der Waals surface area contributed by atoms with E-state index in [1.165, 1.54) is 12.8 Å². The lowest BCUT2D eigenvalue weighted by Crippen LogP contribution is -2.50. The molecule has 1 fully saturated rings. The normalized spacial score (nSPS) is 23.3. The molecule has 0 spiro atoms. The van der Waals surface area contributed by atoms with Crippen molar-refractivity contribution >= 4 is 17.6 Å². The molecule has 1 aromatic carbocycles. The van der Waals surface area contributed by atoms with Crippen LogP contribution in [0, 0.1) is 0 Å². The number of carbonyl (C=O) groups is 2. The topological polar surface area (TPSA) is 103 Å². The number of ether oxygens (including phenoxy) is 1. The molecule has 182 valence electrons. The summed E-state index contributed by atoms with van der Waals surface area (Å²) in [5.41, 5.74) is -0.631.